The van der Waals surface area contributed by atoms with E-state index in [0.29, 0.717) is 0 Å². The summed E-state index contributed by atoms with van der Waals surface area (Å²) in [5.41, 5.74) is 0.263. The summed E-state index contributed by atoms with van der Waals surface area (Å²) in [7, 11) is 5.08. The van der Waals surface area contributed by atoms with Crippen molar-refractivity contribution in [3.8, 4) is 0 Å². The minimum atomic E-state index is -2.19. The van der Waals surface area contributed by atoms with E-state index in [0.717, 1.165) is 32.3 Å². The second-order valence-electron chi connectivity index (χ2n) is 10.1. The SMILES string of the molecule is CN(C)CCO[Si](C)(CC(C)(C)CN1[SiH2]CC[Si]1(C)C)OCCN(C)C. The Labute approximate surface area is 167 Å². The first-order valence-electron chi connectivity index (χ1n) is 10.2. The second-order valence-corrected chi connectivity index (χ2v) is 20.6. The van der Waals surface area contributed by atoms with Crippen LogP contribution in [0.3, 0.4) is 0 Å². The molecule has 0 spiro atoms. The molecule has 156 valence electrons. The van der Waals surface area contributed by atoms with Crippen LogP contribution >= 0.6 is 0 Å². The van der Waals surface area contributed by atoms with Crippen molar-refractivity contribution < 1.29 is 8.85 Å². The van der Waals surface area contributed by atoms with Crippen LogP contribution in [0.2, 0.25) is 37.8 Å². The molecule has 0 unspecified atom stereocenters. The molecule has 1 aliphatic heterocycles. The van der Waals surface area contributed by atoms with Gasteiger partial charge in [0.2, 0.25) is 0 Å². The first-order valence-corrected chi connectivity index (χ1v) is 17.5. The van der Waals surface area contributed by atoms with Gasteiger partial charge >= 0.3 is 8.56 Å². The van der Waals surface area contributed by atoms with Gasteiger partial charge < -0.3 is 22.9 Å². The summed E-state index contributed by atoms with van der Waals surface area (Å²) >= 11 is 0. The van der Waals surface area contributed by atoms with E-state index in [-0.39, 0.29) is 15.1 Å². The van der Waals surface area contributed by atoms with Gasteiger partial charge in [-0.2, -0.15) is 0 Å². The van der Waals surface area contributed by atoms with Gasteiger partial charge in [-0.25, -0.2) is 0 Å². The highest BCUT2D eigenvalue weighted by Gasteiger charge is 2.42. The highest BCUT2D eigenvalue weighted by molar-refractivity contribution is 6.83. The maximum atomic E-state index is 6.44. The summed E-state index contributed by atoms with van der Waals surface area (Å²) in [4.78, 5) is 4.37. The normalized spacial score (nSPS) is 20.0. The van der Waals surface area contributed by atoms with E-state index in [9.17, 15) is 0 Å². The summed E-state index contributed by atoms with van der Waals surface area (Å²) in [5.74, 6) is 0. The van der Waals surface area contributed by atoms with Gasteiger partial charge in [-0.3, -0.25) is 0 Å². The monoisotopic (exact) mass is 419 g/mol. The molecule has 0 amide bonds. The predicted octanol–water partition coefficient (Wildman–Crippen LogP) is 2.26. The van der Waals surface area contributed by atoms with Crippen molar-refractivity contribution in [1.82, 2.24) is 14.0 Å². The molecule has 0 aromatic rings. The van der Waals surface area contributed by atoms with E-state index in [1.54, 1.807) is 0 Å². The van der Waals surface area contributed by atoms with E-state index in [1.807, 2.05) is 0 Å². The average Bonchev–Trinajstić information content (AvgIpc) is 2.75. The van der Waals surface area contributed by atoms with Crippen molar-refractivity contribution in [3.63, 3.8) is 0 Å². The van der Waals surface area contributed by atoms with Gasteiger partial charge in [-0.05, 0) is 58.8 Å². The molecule has 0 atom stereocenters. The van der Waals surface area contributed by atoms with Crippen LogP contribution < -0.4 is 0 Å². The molecule has 0 aromatic carbocycles. The maximum Gasteiger partial charge on any atom is 0.335 e. The number of hydrogen-bond acceptors (Lipinski definition) is 5. The molecule has 1 fully saturated rings. The molecule has 5 nitrogen and oxygen atoms in total. The van der Waals surface area contributed by atoms with E-state index in [1.165, 1.54) is 18.6 Å². The molecule has 0 radical (unpaired) electrons. The van der Waals surface area contributed by atoms with Crippen LogP contribution in [0.15, 0.2) is 0 Å². The van der Waals surface area contributed by atoms with Gasteiger partial charge in [0.1, 0.15) is 8.24 Å². The van der Waals surface area contributed by atoms with Gasteiger partial charge in [0.15, 0.2) is 0 Å². The van der Waals surface area contributed by atoms with Crippen LogP contribution in [0.1, 0.15) is 13.8 Å². The van der Waals surface area contributed by atoms with Crippen molar-refractivity contribution in [2.24, 2.45) is 5.41 Å². The van der Waals surface area contributed by atoms with Crippen molar-refractivity contribution in [2.75, 3.05) is 61.0 Å². The van der Waals surface area contributed by atoms with Gasteiger partial charge in [0, 0.05) is 26.3 Å². The number of nitrogens with zero attached hydrogens (tertiary/aromatic N) is 3. The van der Waals surface area contributed by atoms with Gasteiger partial charge in [-0.15, -0.1) is 0 Å². The molecule has 1 saturated heterocycles. The Morgan fingerprint density at radius 1 is 1.04 bits per heavy atom. The van der Waals surface area contributed by atoms with E-state index >= 15 is 0 Å². The highest BCUT2D eigenvalue weighted by Crippen LogP contribution is 2.35. The lowest BCUT2D eigenvalue weighted by Crippen LogP contribution is -2.52. The smallest absolute Gasteiger partial charge is 0.335 e. The van der Waals surface area contributed by atoms with Gasteiger partial charge in [0.25, 0.3) is 0 Å². The second kappa shape index (κ2) is 10.3. The molecule has 0 aromatic heterocycles. The zero-order chi connectivity index (χ0) is 20.0. The minimum absolute atomic E-state index is 0.0177. The lowest BCUT2D eigenvalue weighted by Gasteiger charge is -2.41. The van der Waals surface area contributed by atoms with Crippen molar-refractivity contribution >= 4 is 26.5 Å². The highest BCUT2D eigenvalue weighted by atomic mass is 28.4. The fraction of sp³-hybridized carbons (Fsp3) is 1.00. The predicted molar refractivity (Wildman–Crippen MR) is 122 cm³/mol. The Kier molecular flexibility index (Phi) is 9.69. The summed E-state index contributed by atoms with van der Waals surface area (Å²) in [6.45, 7) is 17.0. The lowest BCUT2D eigenvalue weighted by atomic mass is 9.97. The molecule has 0 saturated carbocycles. The Bertz CT molecular complexity index is 406. The quantitative estimate of drug-likeness (QED) is 0.453. The van der Waals surface area contributed by atoms with Crippen LogP contribution in [0.25, 0.3) is 0 Å². The first kappa shape index (κ1) is 24.5. The summed E-state index contributed by atoms with van der Waals surface area (Å²) < 4.78 is 15.8. The molecular formula is C18H45N3O2Si3. The van der Waals surface area contributed by atoms with Crippen molar-refractivity contribution in [2.45, 2.75) is 51.6 Å². The van der Waals surface area contributed by atoms with Crippen LogP contribution in [-0.4, -0.2) is 102 Å². The summed E-state index contributed by atoms with van der Waals surface area (Å²) in [6, 6.07) is 4.10. The number of hydrogen-bond donors (Lipinski definition) is 0. The molecule has 0 aliphatic carbocycles. The third-order valence-corrected chi connectivity index (χ3v) is 17.4. The van der Waals surface area contributed by atoms with Crippen LogP contribution in [0.4, 0.5) is 0 Å². The summed E-state index contributed by atoms with van der Waals surface area (Å²) in [6.07, 6.45) is 0. The van der Waals surface area contributed by atoms with Gasteiger partial charge in [0.05, 0.1) is 9.68 Å². The van der Waals surface area contributed by atoms with E-state index in [4.69, 9.17) is 8.85 Å². The van der Waals surface area contributed by atoms with Crippen LogP contribution in [0, 0.1) is 5.41 Å². The van der Waals surface area contributed by atoms with Crippen molar-refractivity contribution in [1.29, 1.82) is 0 Å². The minimum Gasteiger partial charge on any atom is -0.393 e. The molecule has 1 aliphatic rings. The van der Waals surface area contributed by atoms with Crippen LogP contribution in [-0.2, 0) is 8.85 Å². The fourth-order valence-corrected chi connectivity index (χ4v) is 16.9. The molecule has 8 heteroatoms. The molecule has 26 heavy (non-hydrogen) atoms. The Morgan fingerprint density at radius 2 is 1.54 bits per heavy atom. The number of rotatable bonds is 12. The third-order valence-electron chi connectivity index (χ3n) is 5.38. The summed E-state index contributed by atoms with van der Waals surface area (Å²) in [5, 5.41) is 0. The standard InChI is InChI=1S/C18H45N3O2Si3/c1-18(2,16-21-24-14-15-25(21,7)8)17-26(9,22-12-10-19(3)4)23-13-11-20(5)6/h10-17,24H2,1-9H3. The Morgan fingerprint density at radius 3 is 1.92 bits per heavy atom. The first-order chi connectivity index (χ1) is 11.9. The molecule has 1 heterocycles. The lowest BCUT2D eigenvalue weighted by molar-refractivity contribution is 0.138. The third kappa shape index (κ3) is 9.09. The Balaban J connectivity index is 2.70. The molecule has 0 bridgehead atoms. The molecular weight excluding hydrogens is 374 g/mol. The fourth-order valence-electron chi connectivity index (χ4n) is 3.93. The van der Waals surface area contributed by atoms with Crippen molar-refractivity contribution in [3.05, 3.63) is 0 Å². The molecule has 0 N–H and O–H groups in total. The van der Waals surface area contributed by atoms with Gasteiger partial charge in [-0.1, -0.05) is 33.0 Å². The zero-order valence-corrected chi connectivity index (χ0v) is 22.4. The maximum absolute atomic E-state index is 6.44. The topological polar surface area (TPSA) is 28.2 Å². The number of likely N-dealkylation sites (N-methyl/N-ethyl adjacent to an activating group) is 2. The van der Waals surface area contributed by atoms with Crippen LogP contribution in [0.5, 0.6) is 0 Å². The Hall–Kier alpha value is 0.451. The largest absolute Gasteiger partial charge is 0.393 e. The average molecular weight is 420 g/mol. The molecule has 1 rings (SSSR count). The van der Waals surface area contributed by atoms with E-state index in [2.05, 4.69) is 75.7 Å². The zero-order valence-electron chi connectivity index (χ0n) is 19.0. The van der Waals surface area contributed by atoms with E-state index < -0.39 is 16.8 Å².